The van der Waals surface area contributed by atoms with Crippen LogP contribution in [0.15, 0.2) is 42.7 Å². The van der Waals surface area contributed by atoms with Crippen molar-refractivity contribution in [2.45, 2.75) is 6.04 Å². The molecular weight excluding hydrogens is 346 g/mol. The van der Waals surface area contributed by atoms with Gasteiger partial charge in [0, 0.05) is 0 Å². The molecule has 2 aromatic heterocycles. The number of rotatable bonds is 5. The lowest BCUT2D eigenvalue weighted by atomic mass is 10.1. The number of aromatic nitrogens is 5. The maximum absolute atomic E-state index is 12.5. The van der Waals surface area contributed by atoms with Gasteiger partial charge in [0.25, 0.3) is 5.91 Å². The van der Waals surface area contributed by atoms with Gasteiger partial charge in [0.15, 0.2) is 16.7 Å². The molecule has 1 amide bonds. The first-order valence-electron chi connectivity index (χ1n) is 7.26. The predicted octanol–water partition coefficient (Wildman–Crippen LogP) is 0.756. The van der Waals surface area contributed by atoms with E-state index in [1.165, 1.54) is 12.4 Å². The van der Waals surface area contributed by atoms with E-state index in [4.69, 9.17) is 17.3 Å². The Labute approximate surface area is 147 Å². The SMILES string of the molecule is Nc1nc(-n2nccn2)c(Cl)nc1C(=O)N[C@@H](CO)c1ccccc1. The molecule has 2 heterocycles. The van der Waals surface area contributed by atoms with Crippen molar-refractivity contribution < 1.29 is 9.90 Å². The van der Waals surface area contributed by atoms with Gasteiger partial charge in [-0.15, -0.1) is 4.80 Å². The van der Waals surface area contributed by atoms with Gasteiger partial charge in [0.2, 0.25) is 5.82 Å². The van der Waals surface area contributed by atoms with Gasteiger partial charge in [-0.1, -0.05) is 41.9 Å². The lowest BCUT2D eigenvalue weighted by molar-refractivity contribution is 0.0912. The Hall–Kier alpha value is -3.04. The second-order valence-electron chi connectivity index (χ2n) is 5.01. The molecule has 0 bridgehead atoms. The fraction of sp³-hybridized carbons (Fsp3) is 0.133. The highest BCUT2D eigenvalue weighted by atomic mass is 35.5. The summed E-state index contributed by atoms with van der Waals surface area (Å²) in [5.41, 5.74) is 6.43. The minimum absolute atomic E-state index is 0.0733. The molecule has 25 heavy (non-hydrogen) atoms. The molecule has 0 aliphatic carbocycles. The Bertz CT molecular complexity index is 871. The smallest absolute Gasteiger partial charge is 0.274 e. The van der Waals surface area contributed by atoms with E-state index in [0.29, 0.717) is 0 Å². The first kappa shape index (κ1) is 16.8. The molecule has 10 heteroatoms. The number of carbonyl (C=O) groups excluding carboxylic acids is 1. The van der Waals surface area contributed by atoms with E-state index < -0.39 is 11.9 Å². The Morgan fingerprint density at radius 2 is 1.92 bits per heavy atom. The highest BCUT2D eigenvalue weighted by Crippen LogP contribution is 2.19. The van der Waals surface area contributed by atoms with Crippen molar-refractivity contribution in [3.63, 3.8) is 0 Å². The number of nitrogen functional groups attached to an aromatic ring is 1. The van der Waals surface area contributed by atoms with Crippen LogP contribution in [0.4, 0.5) is 5.82 Å². The van der Waals surface area contributed by atoms with Crippen molar-refractivity contribution >= 4 is 23.3 Å². The van der Waals surface area contributed by atoms with Gasteiger partial charge >= 0.3 is 0 Å². The van der Waals surface area contributed by atoms with Gasteiger partial charge in [-0.3, -0.25) is 4.79 Å². The summed E-state index contributed by atoms with van der Waals surface area (Å²) >= 11 is 6.06. The average Bonchev–Trinajstić information content (AvgIpc) is 3.16. The first-order chi connectivity index (χ1) is 12.1. The lowest BCUT2D eigenvalue weighted by Gasteiger charge is -2.17. The third-order valence-electron chi connectivity index (χ3n) is 3.38. The maximum Gasteiger partial charge on any atom is 0.274 e. The summed E-state index contributed by atoms with van der Waals surface area (Å²) in [6.07, 6.45) is 2.89. The van der Waals surface area contributed by atoms with Gasteiger partial charge in [0.05, 0.1) is 25.0 Å². The molecule has 0 fully saturated rings. The minimum atomic E-state index is -0.610. The quantitative estimate of drug-likeness (QED) is 0.612. The van der Waals surface area contributed by atoms with Crippen molar-refractivity contribution in [1.82, 2.24) is 30.3 Å². The molecule has 128 valence electrons. The number of nitrogens with two attached hydrogens (primary N) is 1. The number of nitrogens with zero attached hydrogens (tertiary/aromatic N) is 5. The molecule has 0 unspecified atom stereocenters. The van der Waals surface area contributed by atoms with Gasteiger partial charge in [-0.05, 0) is 5.56 Å². The molecule has 1 atom stereocenters. The highest BCUT2D eigenvalue weighted by molar-refractivity contribution is 6.31. The molecule has 3 rings (SSSR count). The second-order valence-corrected chi connectivity index (χ2v) is 5.37. The number of carbonyl (C=O) groups is 1. The Balaban J connectivity index is 1.86. The van der Waals surface area contributed by atoms with Crippen LogP contribution >= 0.6 is 11.6 Å². The zero-order valence-electron chi connectivity index (χ0n) is 12.9. The number of halogens is 1. The zero-order chi connectivity index (χ0) is 17.8. The van der Waals surface area contributed by atoms with E-state index in [9.17, 15) is 9.90 Å². The number of hydrogen-bond donors (Lipinski definition) is 3. The van der Waals surface area contributed by atoms with Gasteiger partial charge in [0.1, 0.15) is 0 Å². The molecule has 0 aliphatic rings. The van der Waals surface area contributed by atoms with E-state index in [-0.39, 0.29) is 29.1 Å². The topological polar surface area (TPSA) is 132 Å². The van der Waals surface area contributed by atoms with Crippen molar-refractivity contribution in [2.24, 2.45) is 0 Å². The van der Waals surface area contributed by atoms with Crippen LogP contribution in [0.1, 0.15) is 22.1 Å². The highest BCUT2D eigenvalue weighted by Gasteiger charge is 2.21. The van der Waals surface area contributed by atoms with Crippen LogP contribution in [0.3, 0.4) is 0 Å². The molecular formula is C15H14ClN7O2. The fourth-order valence-corrected chi connectivity index (χ4v) is 2.39. The Morgan fingerprint density at radius 3 is 2.56 bits per heavy atom. The van der Waals surface area contributed by atoms with Crippen molar-refractivity contribution in [2.75, 3.05) is 12.3 Å². The van der Waals surface area contributed by atoms with Crippen LogP contribution in [0, 0.1) is 0 Å². The number of anilines is 1. The summed E-state index contributed by atoms with van der Waals surface area (Å²) in [4.78, 5) is 21.6. The molecule has 0 saturated heterocycles. The van der Waals surface area contributed by atoms with Crippen LogP contribution < -0.4 is 11.1 Å². The number of nitrogens with one attached hydrogen (secondary N) is 1. The summed E-state index contributed by atoms with van der Waals surface area (Å²) in [6, 6.07) is 8.42. The summed E-state index contributed by atoms with van der Waals surface area (Å²) < 4.78 is 0. The minimum Gasteiger partial charge on any atom is -0.394 e. The Morgan fingerprint density at radius 1 is 1.24 bits per heavy atom. The van der Waals surface area contributed by atoms with E-state index in [0.717, 1.165) is 10.4 Å². The largest absolute Gasteiger partial charge is 0.394 e. The average molecular weight is 360 g/mol. The zero-order valence-corrected chi connectivity index (χ0v) is 13.6. The van der Waals surface area contributed by atoms with Gasteiger partial charge in [-0.25, -0.2) is 9.97 Å². The second kappa shape index (κ2) is 7.24. The van der Waals surface area contributed by atoms with Gasteiger partial charge in [-0.2, -0.15) is 10.2 Å². The number of aliphatic hydroxyl groups excluding tert-OH is 1. The molecule has 4 N–H and O–H groups in total. The Kier molecular flexibility index (Phi) is 4.87. The van der Waals surface area contributed by atoms with E-state index >= 15 is 0 Å². The molecule has 0 saturated carbocycles. The van der Waals surface area contributed by atoms with Crippen LogP contribution in [0.5, 0.6) is 0 Å². The van der Waals surface area contributed by atoms with Crippen LogP contribution in [-0.4, -0.2) is 42.6 Å². The van der Waals surface area contributed by atoms with Crippen molar-refractivity contribution in [1.29, 1.82) is 0 Å². The predicted molar refractivity (Wildman–Crippen MR) is 90.1 cm³/mol. The maximum atomic E-state index is 12.5. The standard InChI is InChI=1S/C15H14ClN7O2/c16-12-14(23-18-6-7-19-23)22-13(17)11(21-12)15(25)20-10(8-24)9-4-2-1-3-5-9/h1-7,10,24H,8H2,(H2,17,22)(H,20,25)/t10-/m0/s1. The molecule has 1 aromatic carbocycles. The number of benzene rings is 1. The van der Waals surface area contributed by atoms with E-state index in [1.807, 2.05) is 6.07 Å². The van der Waals surface area contributed by atoms with Crippen molar-refractivity contribution in [3.8, 4) is 5.82 Å². The summed E-state index contributed by atoms with van der Waals surface area (Å²) in [5, 5.41) is 19.9. The van der Waals surface area contributed by atoms with Crippen LogP contribution in [-0.2, 0) is 0 Å². The monoisotopic (exact) mass is 359 g/mol. The lowest BCUT2D eigenvalue weighted by Crippen LogP contribution is -2.32. The first-order valence-corrected chi connectivity index (χ1v) is 7.64. The third kappa shape index (κ3) is 3.57. The molecule has 3 aromatic rings. The van der Waals surface area contributed by atoms with Crippen LogP contribution in [0.2, 0.25) is 5.15 Å². The van der Waals surface area contributed by atoms with E-state index in [2.05, 4.69) is 25.5 Å². The fourth-order valence-electron chi connectivity index (χ4n) is 2.18. The third-order valence-corrected chi connectivity index (χ3v) is 3.63. The number of amides is 1. The summed E-state index contributed by atoms with van der Waals surface area (Å²) in [7, 11) is 0. The summed E-state index contributed by atoms with van der Waals surface area (Å²) in [5.74, 6) is -0.615. The molecule has 0 radical (unpaired) electrons. The molecule has 0 spiro atoms. The van der Waals surface area contributed by atoms with E-state index in [1.54, 1.807) is 24.3 Å². The number of aliphatic hydroxyl groups is 1. The normalized spacial score (nSPS) is 11.9. The number of hydrogen-bond acceptors (Lipinski definition) is 7. The van der Waals surface area contributed by atoms with Gasteiger partial charge < -0.3 is 16.2 Å². The molecule has 0 aliphatic heterocycles. The summed E-state index contributed by atoms with van der Waals surface area (Å²) in [6.45, 7) is -0.286. The van der Waals surface area contributed by atoms with Crippen LogP contribution in [0.25, 0.3) is 5.82 Å². The molecule has 9 nitrogen and oxygen atoms in total. The van der Waals surface area contributed by atoms with Crippen molar-refractivity contribution in [3.05, 3.63) is 59.1 Å².